The van der Waals surface area contributed by atoms with Crippen LogP contribution in [0.2, 0.25) is 0 Å². The van der Waals surface area contributed by atoms with Gasteiger partial charge in [0.05, 0.1) is 25.3 Å². The third-order valence-electron chi connectivity index (χ3n) is 11.1. The van der Waals surface area contributed by atoms with E-state index >= 15 is 0 Å². The molecule has 1 fully saturated rings. The predicted molar refractivity (Wildman–Crippen MR) is 219 cm³/mol. The quantitative estimate of drug-likeness (QED) is 0.0381. The van der Waals surface area contributed by atoms with Crippen molar-refractivity contribution in [1.29, 1.82) is 0 Å². The van der Waals surface area contributed by atoms with E-state index in [4.69, 9.17) is 31.0 Å². The summed E-state index contributed by atoms with van der Waals surface area (Å²) in [4.78, 5) is 2.95. The number of halogens is 6. The third kappa shape index (κ3) is 20.3. The summed E-state index contributed by atoms with van der Waals surface area (Å²) in [5.41, 5.74) is -10.6. The van der Waals surface area contributed by atoms with Gasteiger partial charge in [0.2, 0.25) is 6.33 Å². The number of hydrogen-bond acceptors (Lipinski definition) is 9. The summed E-state index contributed by atoms with van der Waals surface area (Å²) >= 11 is 0. The average molecular weight is 921 g/mol. The largest absolute Gasteiger partial charge is 0.741 e. The molecule has 0 radical (unpaired) electrons. The maximum absolute atomic E-state index is 10.7. The van der Waals surface area contributed by atoms with Crippen LogP contribution in [0.15, 0.2) is 18.7 Å². The molecule has 20 heteroatoms. The summed E-state index contributed by atoms with van der Waals surface area (Å²) in [6.07, 6.45) is 32.0. The number of nitrogens with zero attached hydrogens (tertiary/aromatic N) is 3. The van der Waals surface area contributed by atoms with Crippen molar-refractivity contribution in [3.05, 3.63) is 18.7 Å². The van der Waals surface area contributed by atoms with Crippen LogP contribution in [0.5, 0.6) is 0 Å². The van der Waals surface area contributed by atoms with Crippen LogP contribution in [0.25, 0.3) is 0 Å². The highest BCUT2D eigenvalue weighted by molar-refractivity contribution is 7.86. The zero-order valence-electron chi connectivity index (χ0n) is 37.3. The smallest absolute Gasteiger partial charge is 0.485 e. The van der Waals surface area contributed by atoms with Gasteiger partial charge in [-0.3, -0.25) is 0 Å². The maximum Gasteiger partial charge on any atom is 0.485 e. The SMILES string of the molecule is CCCCC1(CCCC)[NH2+]C(CCCC)(CCCC)C(CCCC)(CCCC)N1CCO.CCCC[n+]1ccn(CCO)c1.O=S(=O)([O-])C(F)(F)F.O=S(=O)([O-])C(F)(F)F. The zero-order chi connectivity index (χ0) is 46.7. The van der Waals surface area contributed by atoms with Gasteiger partial charge in [-0.1, -0.05) is 106 Å². The van der Waals surface area contributed by atoms with Gasteiger partial charge in [0.25, 0.3) is 0 Å². The zero-order valence-corrected chi connectivity index (χ0v) is 38.9. The second-order valence-electron chi connectivity index (χ2n) is 15.7. The molecular formula is C40H78F6N4O8S2. The highest BCUT2D eigenvalue weighted by Gasteiger charge is 2.69. The van der Waals surface area contributed by atoms with E-state index in [1.165, 1.54) is 128 Å². The third-order valence-corrected chi connectivity index (χ3v) is 12.2. The van der Waals surface area contributed by atoms with Gasteiger partial charge in [0.15, 0.2) is 25.9 Å². The number of aliphatic hydroxyl groups excluding tert-OH is 2. The summed E-state index contributed by atoms with van der Waals surface area (Å²) < 4.78 is 122. The van der Waals surface area contributed by atoms with E-state index in [0.29, 0.717) is 18.7 Å². The standard InChI is InChI=1S/C29H60N2O.C9H17N2O.2CHF3O3S/c1-7-13-19-27(20-14-8-2)28(21-15-9-3,22-16-10-4)31(25-26-32)29(30-27,23-17-11-5)24-18-12-6;1-2-3-4-10-5-6-11(9-10)7-8-12;2*2-1(3,4)8(5,6)7/h30,32H,7-26H2,1-6H3;5-6,9,12H,2-4,7-8H2,1H3;2*(H,5,6,7)/q;+1;;/p-1. The molecule has 360 valence electrons. The first-order valence-electron chi connectivity index (χ1n) is 21.8. The molecule has 4 N–H and O–H groups in total. The van der Waals surface area contributed by atoms with E-state index in [2.05, 4.69) is 63.2 Å². The van der Waals surface area contributed by atoms with E-state index in [-0.39, 0.29) is 17.8 Å². The number of unbranched alkanes of at least 4 members (excludes halogenated alkanes) is 7. The molecule has 0 saturated carbocycles. The fraction of sp³-hybridized carbons (Fsp3) is 0.925. The van der Waals surface area contributed by atoms with Crippen LogP contribution in [-0.4, -0.2) is 93.1 Å². The highest BCUT2D eigenvalue weighted by Crippen LogP contribution is 2.50. The molecule has 0 aliphatic carbocycles. The molecule has 1 aromatic heterocycles. The first-order chi connectivity index (χ1) is 27.9. The Morgan fingerprint density at radius 3 is 1.28 bits per heavy atom. The van der Waals surface area contributed by atoms with Crippen LogP contribution in [0, 0.1) is 0 Å². The lowest BCUT2D eigenvalue weighted by molar-refractivity contribution is -0.783. The van der Waals surface area contributed by atoms with Crippen LogP contribution in [0.1, 0.15) is 177 Å². The molecule has 2 rings (SSSR count). The molecular weight excluding hydrogens is 843 g/mol. The summed E-state index contributed by atoms with van der Waals surface area (Å²) in [7, 11) is -12.2. The monoisotopic (exact) mass is 921 g/mol. The second kappa shape index (κ2) is 29.7. The van der Waals surface area contributed by atoms with Gasteiger partial charge >= 0.3 is 11.0 Å². The topological polar surface area (TPSA) is 184 Å². The second-order valence-corrected chi connectivity index (χ2v) is 18.4. The van der Waals surface area contributed by atoms with E-state index in [0.717, 1.165) is 13.1 Å². The first-order valence-corrected chi connectivity index (χ1v) is 24.7. The Morgan fingerprint density at radius 1 is 0.600 bits per heavy atom. The predicted octanol–water partition coefficient (Wildman–Crippen LogP) is 7.84. The van der Waals surface area contributed by atoms with Crippen molar-refractivity contribution in [2.75, 3.05) is 19.8 Å². The van der Waals surface area contributed by atoms with Gasteiger partial charge in [-0.2, -0.15) is 26.3 Å². The molecule has 0 spiro atoms. The molecule has 0 unspecified atom stereocenters. The number of nitrogens with two attached hydrogens (primary N) is 1. The van der Waals surface area contributed by atoms with Crippen molar-refractivity contribution in [3.63, 3.8) is 0 Å². The summed E-state index contributed by atoms with van der Waals surface area (Å²) in [6.45, 7) is 19.5. The molecule has 0 aromatic carbocycles. The molecule has 60 heavy (non-hydrogen) atoms. The van der Waals surface area contributed by atoms with Gasteiger partial charge < -0.3 is 24.6 Å². The fourth-order valence-electron chi connectivity index (χ4n) is 8.17. The molecule has 1 aliphatic rings. The van der Waals surface area contributed by atoms with Crippen molar-refractivity contribution < 1.29 is 72.4 Å². The Morgan fingerprint density at radius 2 is 0.950 bits per heavy atom. The van der Waals surface area contributed by atoms with E-state index in [9.17, 15) is 31.4 Å². The number of rotatable bonds is 25. The van der Waals surface area contributed by atoms with E-state index < -0.39 is 31.3 Å². The van der Waals surface area contributed by atoms with E-state index in [1.807, 2.05) is 23.3 Å². The number of alkyl halides is 6. The lowest BCUT2D eigenvalue weighted by Crippen LogP contribution is -3.04. The molecule has 1 saturated heterocycles. The lowest BCUT2D eigenvalue weighted by atomic mass is 9.66. The van der Waals surface area contributed by atoms with Gasteiger partial charge in [0, 0.05) is 32.2 Å². The van der Waals surface area contributed by atoms with Crippen molar-refractivity contribution in [1.82, 2.24) is 9.47 Å². The summed E-state index contributed by atoms with van der Waals surface area (Å²) in [5.74, 6) is 0. The number of aromatic nitrogens is 2. The van der Waals surface area contributed by atoms with Gasteiger partial charge in [0.1, 0.15) is 24.5 Å². The van der Waals surface area contributed by atoms with Crippen molar-refractivity contribution in [2.24, 2.45) is 0 Å². The molecule has 0 bridgehead atoms. The van der Waals surface area contributed by atoms with E-state index in [1.54, 1.807) is 0 Å². The van der Waals surface area contributed by atoms with Crippen molar-refractivity contribution in [3.8, 4) is 0 Å². The Kier molecular flexibility index (Phi) is 30.0. The molecule has 1 aromatic rings. The van der Waals surface area contributed by atoms with Crippen LogP contribution in [0.4, 0.5) is 26.3 Å². The van der Waals surface area contributed by atoms with Crippen LogP contribution in [-0.2, 0) is 33.3 Å². The first kappa shape index (κ1) is 60.5. The van der Waals surface area contributed by atoms with Crippen LogP contribution in [0.3, 0.4) is 0 Å². The number of hydrogen-bond donors (Lipinski definition) is 3. The minimum absolute atomic E-state index is 0.178. The van der Waals surface area contributed by atoms with Gasteiger partial charge in [-0.25, -0.2) is 30.9 Å². The number of imidazole rings is 1. The Labute approximate surface area is 357 Å². The maximum atomic E-state index is 10.7. The highest BCUT2D eigenvalue weighted by atomic mass is 32.2. The number of β-amino-alcohol motifs (C(OH)–C–C–N with tert-alkyl or cyclic N) is 1. The van der Waals surface area contributed by atoms with Gasteiger partial charge in [-0.05, 0) is 44.9 Å². The minimum atomic E-state index is -6.09. The van der Waals surface area contributed by atoms with Gasteiger partial charge in [-0.15, -0.1) is 0 Å². The van der Waals surface area contributed by atoms with Crippen LogP contribution >= 0.6 is 0 Å². The lowest BCUT2D eigenvalue weighted by Gasteiger charge is -2.48. The minimum Gasteiger partial charge on any atom is -0.741 e. The Hall–Kier alpha value is -1.55. The Bertz CT molecular complexity index is 1400. The number of aliphatic hydroxyl groups is 2. The molecule has 1 aliphatic heterocycles. The average Bonchev–Trinajstić information content (AvgIpc) is 3.70. The molecule has 0 amide bonds. The molecule has 12 nitrogen and oxygen atoms in total. The summed E-state index contributed by atoms with van der Waals surface area (Å²) in [5, 5.41) is 22.0. The fourth-order valence-corrected chi connectivity index (χ4v) is 8.17. The normalized spacial score (nSPS) is 16.3. The summed E-state index contributed by atoms with van der Waals surface area (Å²) in [6, 6.07) is 0. The van der Waals surface area contributed by atoms with Crippen molar-refractivity contribution >= 4 is 20.2 Å². The van der Waals surface area contributed by atoms with Crippen molar-refractivity contribution in [2.45, 2.75) is 218 Å². The molecule has 0 atom stereocenters. The molecule has 2 heterocycles. The number of quaternary nitrogens is 1. The number of aryl methyl sites for hydroxylation is 1. The van der Waals surface area contributed by atoms with Crippen LogP contribution < -0.4 is 9.88 Å². The Balaban J connectivity index is 0.